The predicted molar refractivity (Wildman–Crippen MR) is 119 cm³/mol. The van der Waals surface area contributed by atoms with E-state index in [-0.39, 0.29) is 16.4 Å². The number of aromatic nitrogens is 1. The number of halogens is 1. The van der Waals surface area contributed by atoms with E-state index in [0.717, 1.165) is 11.3 Å². The highest BCUT2D eigenvalue weighted by Gasteiger charge is 2.40. The van der Waals surface area contributed by atoms with E-state index < -0.39 is 26.9 Å². The van der Waals surface area contributed by atoms with Crippen LogP contribution in [0.1, 0.15) is 12.8 Å². The molecule has 0 spiro atoms. The van der Waals surface area contributed by atoms with Gasteiger partial charge in [-0.2, -0.15) is 4.31 Å². The van der Waals surface area contributed by atoms with Crippen molar-refractivity contribution in [3.8, 4) is 11.3 Å². The van der Waals surface area contributed by atoms with Crippen LogP contribution in [0.3, 0.4) is 0 Å². The zero-order valence-corrected chi connectivity index (χ0v) is 18.9. The Morgan fingerprint density at radius 2 is 2.00 bits per heavy atom. The number of rotatable bonds is 6. The Kier molecular flexibility index (Phi) is 6.08. The molecule has 1 amide bonds. The number of carbonyl (C=O) groups excluding carboxylic acids is 1. The van der Waals surface area contributed by atoms with Crippen molar-refractivity contribution in [1.82, 2.24) is 9.29 Å². The summed E-state index contributed by atoms with van der Waals surface area (Å²) in [5, 5.41) is 15.5. The summed E-state index contributed by atoms with van der Waals surface area (Å²) in [5.41, 5.74) is 1.20. The van der Waals surface area contributed by atoms with Gasteiger partial charge >= 0.3 is 0 Å². The van der Waals surface area contributed by atoms with Crippen LogP contribution in [0.25, 0.3) is 11.3 Å². The van der Waals surface area contributed by atoms with Gasteiger partial charge in [0.1, 0.15) is 10.3 Å². The van der Waals surface area contributed by atoms with Crippen LogP contribution in [-0.2, 0) is 14.8 Å². The smallest absolute Gasteiger partial charge is 0.269 e. The fourth-order valence-electron chi connectivity index (χ4n) is 3.25. The van der Waals surface area contributed by atoms with E-state index in [1.54, 1.807) is 17.5 Å². The van der Waals surface area contributed by atoms with Gasteiger partial charge in [0.2, 0.25) is 5.91 Å². The number of thiophene rings is 1. The van der Waals surface area contributed by atoms with Crippen LogP contribution in [0.2, 0.25) is 4.34 Å². The molecule has 1 aliphatic heterocycles. The Morgan fingerprint density at radius 1 is 1.26 bits per heavy atom. The summed E-state index contributed by atoms with van der Waals surface area (Å²) in [6, 6.07) is 8.03. The number of non-ortho nitro benzene ring substituents is 1. The quantitative estimate of drug-likeness (QED) is 0.401. The lowest BCUT2D eigenvalue weighted by molar-refractivity contribution is -0.384. The minimum atomic E-state index is -3.82. The predicted octanol–water partition coefficient (Wildman–Crippen LogP) is 4.23. The molecule has 162 valence electrons. The number of nitrogens with one attached hydrogen (secondary N) is 1. The number of hydrogen-bond donors (Lipinski definition) is 1. The lowest BCUT2D eigenvalue weighted by Crippen LogP contribution is -2.42. The number of hydrogen-bond acceptors (Lipinski definition) is 8. The Morgan fingerprint density at radius 3 is 2.65 bits per heavy atom. The maximum Gasteiger partial charge on any atom is 0.269 e. The first-order valence-corrected chi connectivity index (χ1v) is 12.6. The van der Waals surface area contributed by atoms with E-state index >= 15 is 0 Å². The standard InChI is InChI=1S/C18H15ClN4O5S3/c19-15-7-8-16(30-15)31(27,28)22-9-1-2-14(22)17(24)21-18-20-13(10-29-18)11-3-5-12(6-4-11)23(25)26/h3-8,10,14H,1-2,9H2,(H,20,21,24)/t14-/m0/s1. The maximum absolute atomic E-state index is 12.9. The van der Waals surface area contributed by atoms with E-state index in [4.69, 9.17) is 11.6 Å². The van der Waals surface area contributed by atoms with Crippen LogP contribution in [0.15, 0.2) is 46.0 Å². The molecule has 31 heavy (non-hydrogen) atoms. The molecule has 1 N–H and O–H groups in total. The molecule has 0 saturated carbocycles. The van der Waals surface area contributed by atoms with E-state index in [0.29, 0.717) is 33.6 Å². The summed E-state index contributed by atoms with van der Waals surface area (Å²) in [7, 11) is -3.82. The normalized spacial score (nSPS) is 17.0. The molecule has 0 aliphatic carbocycles. The maximum atomic E-state index is 12.9. The number of thiazole rings is 1. The van der Waals surface area contributed by atoms with Gasteiger partial charge in [-0.3, -0.25) is 14.9 Å². The van der Waals surface area contributed by atoms with Gasteiger partial charge in [-0.15, -0.1) is 22.7 Å². The molecule has 1 saturated heterocycles. The molecule has 3 heterocycles. The Hall–Kier alpha value is -2.38. The van der Waals surface area contributed by atoms with Gasteiger partial charge in [0.15, 0.2) is 5.13 Å². The van der Waals surface area contributed by atoms with Crippen molar-refractivity contribution >= 4 is 61.0 Å². The summed E-state index contributed by atoms with van der Waals surface area (Å²) >= 11 is 8.02. The topological polar surface area (TPSA) is 123 Å². The van der Waals surface area contributed by atoms with Crippen molar-refractivity contribution in [3.63, 3.8) is 0 Å². The van der Waals surface area contributed by atoms with Gasteiger partial charge in [0.25, 0.3) is 15.7 Å². The molecule has 1 aliphatic rings. The third-order valence-electron chi connectivity index (χ3n) is 4.73. The number of nitro benzene ring substituents is 1. The van der Waals surface area contributed by atoms with Crippen molar-refractivity contribution in [2.45, 2.75) is 23.1 Å². The minimum Gasteiger partial charge on any atom is -0.301 e. The lowest BCUT2D eigenvalue weighted by Gasteiger charge is -2.22. The highest BCUT2D eigenvalue weighted by atomic mass is 35.5. The molecule has 0 radical (unpaired) electrons. The summed E-state index contributed by atoms with van der Waals surface area (Å²) in [6.45, 7) is 0.252. The summed E-state index contributed by atoms with van der Waals surface area (Å²) in [5.74, 6) is -0.451. The third kappa shape index (κ3) is 4.48. The number of benzene rings is 1. The summed E-state index contributed by atoms with van der Waals surface area (Å²) in [4.78, 5) is 27.5. The van der Waals surface area contributed by atoms with Crippen LogP contribution in [0.4, 0.5) is 10.8 Å². The monoisotopic (exact) mass is 498 g/mol. The Balaban J connectivity index is 1.48. The number of nitro groups is 1. The zero-order valence-electron chi connectivity index (χ0n) is 15.7. The van der Waals surface area contributed by atoms with E-state index in [1.807, 2.05) is 0 Å². The molecular formula is C18H15ClN4O5S3. The SMILES string of the molecule is O=C(Nc1nc(-c2ccc([N+](=O)[O-])cc2)cs1)[C@@H]1CCCN1S(=O)(=O)c1ccc(Cl)s1. The molecule has 2 aromatic heterocycles. The second-order valence-corrected chi connectivity index (χ2v) is 11.4. The average molecular weight is 499 g/mol. The van der Waals surface area contributed by atoms with Gasteiger partial charge in [-0.05, 0) is 37.1 Å². The highest BCUT2D eigenvalue weighted by Crippen LogP contribution is 2.33. The van der Waals surface area contributed by atoms with E-state index in [1.165, 1.54) is 39.9 Å². The van der Waals surface area contributed by atoms with Gasteiger partial charge in [0.05, 0.1) is 15.0 Å². The highest BCUT2D eigenvalue weighted by molar-refractivity contribution is 7.91. The second-order valence-electron chi connectivity index (χ2n) is 6.66. The molecule has 1 aromatic carbocycles. The van der Waals surface area contributed by atoms with Crippen molar-refractivity contribution in [2.24, 2.45) is 0 Å². The fraction of sp³-hybridized carbons (Fsp3) is 0.222. The number of carbonyl (C=O) groups is 1. The summed E-state index contributed by atoms with van der Waals surface area (Å²) < 4.78 is 27.5. The number of anilines is 1. The molecule has 9 nitrogen and oxygen atoms in total. The second kappa shape index (κ2) is 8.63. The molecule has 1 atom stereocenters. The molecule has 3 aromatic rings. The fourth-order valence-corrected chi connectivity index (χ4v) is 7.24. The van der Waals surface area contributed by atoms with E-state index in [9.17, 15) is 23.3 Å². The van der Waals surface area contributed by atoms with Crippen molar-refractivity contribution < 1.29 is 18.1 Å². The van der Waals surface area contributed by atoms with Crippen molar-refractivity contribution in [3.05, 3.63) is 56.2 Å². The van der Waals surface area contributed by atoms with Crippen LogP contribution in [-0.4, -0.2) is 41.1 Å². The molecule has 1 fully saturated rings. The van der Waals surface area contributed by atoms with Crippen LogP contribution < -0.4 is 5.32 Å². The van der Waals surface area contributed by atoms with Gasteiger partial charge in [-0.1, -0.05) is 11.6 Å². The van der Waals surface area contributed by atoms with Crippen molar-refractivity contribution in [1.29, 1.82) is 0 Å². The molecule has 0 unspecified atom stereocenters. The minimum absolute atomic E-state index is 0.0259. The molecule has 4 rings (SSSR count). The number of amides is 1. The van der Waals surface area contributed by atoms with E-state index in [2.05, 4.69) is 10.3 Å². The Bertz CT molecular complexity index is 1240. The van der Waals surface area contributed by atoms with Crippen LogP contribution in [0, 0.1) is 10.1 Å². The van der Waals surface area contributed by atoms with Gasteiger partial charge in [0, 0.05) is 29.6 Å². The molecule has 0 bridgehead atoms. The zero-order chi connectivity index (χ0) is 22.2. The van der Waals surface area contributed by atoms with Crippen molar-refractivity contribution in [2.75, 3.05) is 11.9 Å². The van der Waals surface area contributed by atoms with Crippen LogP contribution >= 0.6 is 34.3 Å². The van der Waals surface area contributed by atoms with Gasteiger partial charge in [-0.25, -0.2) is 13.4 Å². The molecule has 13 heteroatoms. The Labute approximate surface area is 190 Å². The molecular weight excluding hydrogens is 484 g/mol. The first kappa shape index (κ1) is 21.8. The lowest BCUT2D eigenvalue weighted by atomic mass is 10.1. The van der Waals surface area contributed by atoms with Gasteiger partial charge < -0.3 is 5.32 Å². The number of nitrogens with zero attached hydrogens (tertiary/aromatic N) is 3. The van der Waals surface area contributed by atoms with Crippen LogP contribution in [0.5, 0.6) is 0 Å². The first-order chi connectivity index (χ1) is 14.8. The summed E-state index contributed by atoms with van der Waals surface area (Å²) in [6.07, 6.45) is 0.979. The first-order valence-electron chi connectivity index (χ1n) is 9.04. The number of sulfonamides is 1. The largest absolute Gasteiger partial charge is 0.301 e. The average Bonchev–Trinajstić information content (AvgIpc) is 3.48. The third-order valence-corrected chi connectivity index (χ3v) is 9.09.